The van der Waals surface area contributed by atoms with Crippen molar-refractivity contribution in [2.75, 3.05) is 14.2 Å². The van der Waals surface area contributed by atoms with Gasteiger partial charge in [-0.05, 0) is 18.6 Å². The number of benzene rings is 1. The molecule has 20 heavy (non-hydrogen) atoms. The van der Waals surface area contributed by atoms with Crippen molar-refractivity contribution < 1.29 is 29.2 Å². The Balaban J connectivity index is 3.23. The van der Waals surface area contributed by atoms with Crippen LogP contribution in [0.1, 0.15) is 31.7 Å². The molecule has 0 aliphatic heterocycles. The van der Waals surface area contributed by atoms with E-state index in [0.29, 0.717) is 12.0 Å². The Hall–Kier alpha value is -1.79. The van der Waals surface area contributed by atoms with Gasteiger partial charge in [-0.2, -0.15) is 0 Å². The first-order chi connectivity index (χ1) is 9.50. The highest BCUT2D eigenvalue weighted by atomic mass is 16.7. The minimum Gasteiger partial charge on any atom is -0.504 e. The molecule has 0 spiro atoms. The number of rotatable bonds is 7. The third-order valence-corrected chi connectivity index (χ3v) is 3.13. The molecule has 0 fully saturated rings. The zero-order valence-corrected chi connectivity index (χ0v) is 11.9. The lowest BCUT2D eigenvalue weighted by Gasteiger charge is -2.32. The molecule has 2 N–H and O–H groups in total. The normalized spacial score (nSPS) is 11.3. The minimum atomic E-state index is -1.49. The Morgan fingerprint density at radius 3 is 2.45 bits per heavy atom. The van der Waals surface area contributed by atoms with Crippen LogP contribution in [0.15, 0.2) is 18.2 Å². The molecule has 6 heteroatoms. The van der Waals surface area contributed by atoms with Crippen molar-refractivity contribution in [3.63, 3.8) is 0 Å². The van der Waals surface area contributed by atoms with Crippen LogP contribution in [0.2, 0.25) is 0 Å². The van der Waals surface area contributed by atoms with Crippen LogP contribution >= 0.6 is 0 Å². The van der Waals surface area contributed by atoms with Crippen molar-refractivity contribution in [3.05, 3.63) is 23.8 Å². The second-order valence-electron chi connectivity index (χ2n) is 4.28. The Bertz CT molecular complexity index is 453. The number of methoxy groups -OCH3 is 2. The summed E-state index contributed by atoms with van der Waals surface area (Å²) in [5, 5.41) is 18.8. The molecule has 0 unspecified atom stereocenters. The highest BCUT2D eigenvalue weighted by Crippen LogP contribution is 2.41. The molecule has 0 saturated heterocycles. The molecule has 0 aliphatic rings. The Morgan fingerprint density at radius 1 is 1.30 bits per heavy atom. The molecular formula is C14H20O6. The number of para-hydroxylation sites is 1. The maximum absolute atomic E-state index is 10.6. The van der Waals surface area contributed by atoms with Crippen molar-refractivity contribution >= 4 is 6.16 Å². The monoisotopic (exact) mass is 284 g/mol. The van der Waals surface area contributed by atoms with E-state index in [1.807, 2.05) is 6.92 Å². The van der Waals surface area contributed by atoms with E-state index in [1.54, 1.807) is 12.1 Å². The van der Waals surface area contributed by atoms with Gasteiger partial charge >= 0.3 is 6.16 Å². The highest BCUT2D eigenvalue weighted by molar-refractivity contribution is 5.63. The standard InChI is InChI=1S/C14H20O6/c1-4-5-9-14(18-2,19-3)10-7-6-8-11(12(10)15)20-13(16)17/h6-8,15H,4-5,9H2,1-3H3,(H,16,17). The molecule has 0 radical (unpaired) electrons. The lowest BCUT2D eigenvalue weighted by molar-refractivity contribution is -0.221. The SMILES string of the molecule is CCCCC(OC)(OC)c1cccc(OC(=O)O)c1O. The van der Waals surface area contributed by atoms with Crippen LogP contribution in [0.3, 0.4) is 0 Å². The summed E-state index contributed by atoms with van der Waals surface area (Å²) in [6.07, 6.45) is 0.790. The minimum absolute atomic E-state index is 0.148. The fraction of sp³-hybridized carbons (Fsp3) is 0.500. The van der Waals surface area contributed by atoms with E-state index in [-0.39, 0.29) is 11.5 Å². The van der Waals surface area contributed by atoms with Crippen molar-refractivity contribution in [1.82, 2.24) is 0 Å². The maximum atomic E-state index is 10.6. The first-order valence-corrected chi connectivity index (χ1v) is 6.34. The van der Waals surface area contributed by atoms with Gasteiger partial charge < -0.3 is 24.4 Å². The highest BCUT2D eigenvalue weighted by Gasteiger charge is 2.35. The lowest BCUT2D eigenvalue weighted by Crippen LogP contribution is -2.31. The number of carboxylic acid groups (broad SMARTS) is 1. The molecule has 1 aromatic carbocycles. The molecule has 1 rings (SSSR count). The summed E-state index contributed by atoms with van der Waals surface area (Å²) < 4.78 is 15.4. The van der Waals surface area contributed by atoms with Gasteiger partial charge in [0.1, 0.15) is 0 Å². The quantitative estimate of drug-likeness (QED) is 0.454. The van der Waals surface area contributed by atoms with Gasteiger partial charge in [0.25, 0.3) is 0 Å². The largest absolute Gasteiger partial charge is 0.511 e. The second-order valence-corrected chi connectivity index (χ2v) is 4.28. The van der Waals surface area contributed by atoms with Gasteiger partial charge in [0, 0.05) is 20.6 Å². The number of unbranched alkanes of at least 4 members (excludes halogenated alkanes) is 1. The molecule has 1 aromatic rings. The van der Waals surface area contributed by atoms with E-state index in [1.165, 1.54) is 20.3 Å². The first kappa shape index (κ1) is 16.3. The number of phenolic OH excluding ortho intramolecular Hbond substituents is 1. The summed E-state index contributed by atoms with van der Waals surface area (Å²) in [6, 6.07) is 4.56. The van der Waals surface area contributed by atoms with E-state index in [2.05, 4.69) is 4.74 Å². The molecule has 0 amide bonds. The summed E-state index contributed by atoms with van der Waals surface area (Å²) in [7, 11) is 2.95. The Labute approximate surface area is 117 Å². The average molecular weight is 284 g/mol. The smallest absolute Gasteiger partial charge is 0.504 e. The van der Waals surface area contributed by atoms with Gasteiger partial charge in [0.05, 0.1) is 5.56 Å². The molecule has 0 aliphatic carbocycles. The zero-order chi connectivity index (χ0) is 15.2. The summed E-state index contributed by atoms with van der Waals surface area (Å²) in [5.74, 6) is -1.57. The van der Waals surface area contributed by atoms with E-state index in [0.717, 1.165) is 12.8 Å². The van der Waals surface area contributed by atoms with E-state index in [9.17, 15) is 9.90 Å². The van der Waals surface area contributed by atoms with Gasteiger partial charge in [-0.25, -0.2) is 4.79 Å². The zero-order valence-electron chi connectivity index (χ0n) is 11.9. The molecular weight excluding hydrogens is 264 g/mol. The molecule has 112 valence electrons. The first-order valence-electron chi connectivity index (χ1n) is 6.34. The topological polar surface area (TPSA) is 85.2 Å². The van der Waals surface area contributed by atoms with Crippen LogP contribution in [0.4, 0.5) is 4.79 Å². The van der Waals surface area contributed by atoms with Crippen LogP contribution in [-0.2, 0) is 15.3 Å². The Morgan fingerprint density at radius 2 is 1.95 bits per heavy atom. The number of hydrogen-bond donors (Lipinski definition) is 2. The van der Waals surface area contributed by atoms with Crippen LogP contribution in [0.25, 0.3) is 0 Å². The van der Waals surface area contributed by atoms with Crippen LogP contribution < -0.4 is 4.74 Å². The summed E-state index contributed by atoms with van der Waals surface area (Å²) in [4.78, 5) is 10.6. The van der Waals surface area contributed by atoms with Crippen molar-refractivity contribution in [2.24, 2.45) is 0 Å². The van der Waals surface area contributed by atoms with Gasteiger partial charge in [0.15, 0.2) is 17.3 Å². The van der Waals surface area contributed by atoms with Crippen LogP contribution in [0.5, 0.6) is 11.5 Å². The number of aromatic hydroxyl groups is 1. The molecule has 0 saturated carbocycles. The number of phenols is 1. The van der Waals surface area contributed by atoms with Crippen LogP contribution in [-0.4, -0.2) is 30.6 Å². The number of ether oxygens (including phenoxy) is 3. The average Bonchev–Trinajstić information content (AvgIpc) is 2.43. The second kappa shape index (κ2) is 7.12. The molecule has 0 atom stereocenters. The maximum Gasteiger partial charge on any atom is 0.511 e. The number of hydrogen-bond acceptors (Lipinski definition) is 5. The number of carbonyl (C=O) groups is 1. The van der Waals surface area contributed by atoms with Gasteiger partial charge in [-0.1, -0.05) is 19.4 Å². The molecule has 0 aromatic heterocycles. The van der Waals surface area contributed by atoms with Gasteiger partial charge in [-0.3, -0.25) is 0 Å². The van der Waals surface area contributed by atoms with Gasteiger partial charge in [0.2, 0.25) is 0 Å². The summed E-state index contributed by atoms with van der Waals surface area (Å²) in [6.45, 7) is 2.03. The predicted octanol–water partition coefficient (Wildman–Crippen LogP) is 3.08. The fourth-order valence-corrected chi connectivity index (χ4v) is 2.06. The van der Waals surface area contributed by atoms with E-state index >= 15 is 0 Å². The van der Waals surface area contributed by atoms with Gasteiger partial charge in [-0.15, -0.1) is 0 Å². The Kier molecular flexibility index (Phi) is 5.79. The molecule has 6 nitrogen and oxygen atoms in total. The fourth-order valence-electron chi connectivity index (χ4n) is 2.06. The lowest BCUT2D eigenvalue weighted by atomic mass is 9.98. The van der Waals surface area contributed by atoms with Crippen molar-refractivity contribution in [1.29, 1.82) is 0 Å². The van der Waals surface area contributed by atoms with E-state index in [4.69, 9.17) is 14.6 Å². The molecule has 0 heterocycles. The van der Waals surface area contributed by atoms with Crippen LogP contribution in [0, 0.1) is 0 Å². The third kappa shape index (κ3) is 3.40. The predicted molar refractivity (Wildman–Crippen MR) is 72.0 cm³/mol. The summed E-state index contributed by atoms with van der Waals surface area (Å²) in [5.41, 5.74) is 0.342. The van der Waals surface area contributed by atoms with Crippen molar-refractivity contribution in [3.8, 4) is 11.5 Å². The van der Waals surface area contributed by atoms with E-state index < -0.39 is 11.9 Å². The summed E-state index contributed by atoms with van der Waals surface area (Å²) >= 11 is 0. The van der Waals surface area contributed by atoms with Crippen molar-refractivity contribution in [2.45, 2.75) is 32.0 Å². The third-order valence-electron chi connectivity index (χ3n) is 3.13. The molecule has 0 bridgehead atoms.